The molecule has 1 aliphatic rings. The van der Waals surface area contributed by atoms with Crippen molar-refractivity contribution in [2.75, 3.05) is 46.6 Å². The van der Waals surface area contributed by atoms with Crippen LogP contribution in [0.25, 0.3) is 0 Å². The van der Waals surface area contributed by atoms with Crippen LogP contribution in [0.3, 0.4) is 0 Å². The second kappa shape index (κ2) is 11.5. The minimum atomic E-state index is -0.0331. The average Bonchev–Trinajstić information content (AvgIpc) is 2.67. The summed E-state index contributed by atoms with van der Waals surface area (Å²) in [5, 5.41) is 7.70. The Kier molecular flexibility index (Phi) is 9.39. The number of aliphatic imine (C=N–C) groups is 1. The summed E-state index contributed by atoms with van der Waals surface area (Å²) >= 11 is 6.52. The van der Waals surface area contributed by atoms with E-state index in [-0.39, 0.29) is 5.41 Å². The molecule has 2 rings (SSSR count). The third-order valence-corrected chi connectivity index (χ3v) is 5.25. The maximum atomic E-state index is 6.52. The van der Waals surface area contributed by atoms with E-state index in [1.165, 1.54) is 5.56 Å². The van der Waals surface area contributed by atoms with Crippen molar-refractivity contribution in [2.45, 2.75) is 38.5 Å². The summed E-state index contributed by atoms with van der Waals surface area (Å²) in [5.41, 5.74) is 1.16. The first-order valence-corrected chi connectivity index (χ1v) is 10.3. The van der Waals surface area contributed by atoms with Gasteiger partial charge in [0.2, 0.25) is 0 Å². The van der Waals surface area contributed by atoms with Crippen LogP contribution in [0.2, 0.25) is 5.02 Å². The number of nitrogens with zero attached hydrogens (tertiary/aromatic N) is 1. The van der Waals surface area contributed by atoms with Crippen molar-refractivity contribution in [3.8, 4) is 0 Å². The van der Waals surface area contributed by atoms with Crippen LogP contribution in [0.4, 0.5) is 0 Å². The van der Waals surface area contributed by atoms with E-state index in [1.807, 2.05) is 12.1 Å². The molecule has 5 nitrogen and oxygen atoms in total. The van der Waals surface area contributed by atoms with E-state index in [9.17, 15) is 0 Å². The maximum Gasteiger partial charge on any atom is 0.191 e. The van der Waals surface area contributed by atoms with Crippen molar-refractivity contribution in [3.63, 3.8) is 0 Å². The standard InChI is InChI=1S/C21H34ClN3O2/c1-17(2)15-27-12-6-11-24-20(23-3)25-16-21(9-13-26-14-10-21)18-7-4-5-8-19(18)22/h4-5,7-8,17H,6,9-16H2,1-3H3,(H2,23,24,25). The third kappa shape index (κ3) is 6.98. The molecule has 0 bridgehead atoms. The topological polar surface area (TPSA) is 54.9 Å². The van der Waals surface area contributed by atoms with Gasteiger partial charge in [-0.3, -0.25) is 4.99 Å². The fraction of sp³-hybridized carbons (Fsp3) is 0.667. The summed E-state index contributed by atoms with van der Waals surface area (Å²) in [7, 11) is 1.80. The van der Waals surface area contributed by atoms with Gasteiger partial charge in [-0.2, -0.15) is 0 Å². The zero-order valence-corrected chi connectivity index (χ0v) is 17.6. The van der Waals surface area contributed by atoms with Gasteiger partial charge in [-0.05, 0) is 36.8 Å². The number of hydrogen-bond donors (Lipinski definition) is 2. The molecule has 1 fully saturated rings. The average molecular weight is 396 g/mol. The number of ether oxygens (including phenoxy) is 2. The lowest BCUT2D eigenvalue weighted by Gasteiger charge is -2.38. The fourth-order valence-electron chi connectivity index (χ4n) is 3.37. The second-order valence-corrected chi connectivity index (χ2v) is 7.95. The molecule has 1 aromatic rings. The van der Waals surface area contributed by atoms with Gasteiger partial charge >= 0.3 is 0 Å². The first-order valence-electron chi connectivity index (χ1n) is 9.92. The molecule has 2 N–H and O–H groups in total. The molecular weight excluding hydrogens is 362 g/mol. The fourth-order valence-corrected chi connectivity index (χ4v) is 3.70. The summed E-state index contributed by atoms with van der Waals surface area (Å²) in [6.45, 7) is 9.03. The zero-order chi connectivity index (χ0) is 19.5. The van der Waals surface area contributed by atoms with Crippen LogP contribution in [0.5, 0.6) is 0 Å². The highest BCUT2D eigenvalue weighted by Crippen LogP contribution is 2.38. The lowest BCUT2D eigenvalue weighted by Crippen LogP contribution is -2.48. The highest BCUT2D eigenvalue weighted by molar-refractivity contribution is 6.31. The molecule has 0 saturated carbocycles. The number of guanidine groups is 1. The summed E-state index contributed by atoms with van der Waals surface area (Å²) in [6, 6.07) is 8.15. The molecule has 152 valence electrons. The highest BCUT2D eigenvalue weighted by Gasteiger charge is 2.36. The quantitative estimate of drug-likeness (QED) is 0.381. The van der Waals surface area contributed by atoms with E-state index < -0.39 is 0 Å². The Morgan fingerprint density at radius 2 is 2.00 bits per heavy atom. The molecule has 0 aromatic heterocycles. The van der Waals surface area contributed by atoms with Gasteiger partial charge in [-0.25, -0.2) is 0 Å². The second-order valence-electron chi connectivity index (χ2n) is 7.55. The molecule has 1 heterocycles. The van der Waals surface area contributed by atoms with Crippen LogP contribution in [0.15, 0.2) is 29.3 Å². The predicted molar refractivity (Wildman–Crippen MR) is 113 cm³/mol. The molecule has 0 unspecified atom stereocenters. The van der Waals surface area contributed by atoms with E-state index in [0.29, 0.717) is 5.92 Å². The van der Waals surface area contributed by atoms with E-state index in [0.717, 1.165) is 69.8 Å². The van der Waals surface area contributed by atoms with Gasteiger partial charge in [0.15, 0.2) is 5.96 Å². The van der Waals surface area contributed by atoms with Crippen LogP contribution in [0.1, 0.15) is 38.7 Å². The van der Waals surface area contributed by atoms with E-state index in [2.05, 4.69) is 41.6 Å². The first-order chi connectivity index (χ1) is 13.1. The molecule has 27 heavy (non-hydrogen) atoms. The van der Waals surface area contributed by atoms with E-state index in [1.54, 1.807) is 7.05 Å². The van der Waals surface area contributed by atoms with Crippen LogP contribution in [-0.2, 0) is 14.9 Å². The smallest absolute Gasteiger partial charge is 0.191 e. The number of halogens is 1. The monoisotopic (exact) mass is 395 g/mol. The van der Waals surface area contributed by atoms with Gasteiger partial charge in [0.25, 0.3) is 0 Å². The van der Waals surface area contributed by atoms with Crippen LogP contribution >= 0.6 is 11.6 Å². The van der Waals surface area contributed by atoms with Crippen molar-refractivity contribution in [2.24, 2.45) is 10.9 Å². The molecule has 0 aliphatic carbocycles. The highest BCUT2D eigenvalue weighted by atomic mass is 35.5. The minimum absolute atomic E-state index is 0.0331. The maximum absolute atomic E-state index is 6.52. The molecule has 1 aliphatic heterocycles. The SMILES string of the molecule is CN=C(NCCCOCC(C)C)NCC1(c2ccccc2Cl)CCOCC1. The number of hydrogen-bond acceptors (Lipinski definition) is 3. The molecule has 6 heteroatoms. The lowest BCUT2D eigenvalue weighted by atomic mass is 9.74. The van der Waals surface area contributed by atoms with Gasteiger partial charge in [-0.15, -0.1) is 0 Å². The Labute approximate surface area is 168 Å². The zero-order valence-electron chi connectivity index (χ0n) is 16.9. The number of rotatable bonds is 9. The van der Waals surface area contributed by atoms with Crippen molar-refractivity contribution >= 4 is 17.6 Å². The van der Waals surface area contributed by atoms with E-state index >= 15 is 0 Å². The molecule has 1 aromatic carbocycles. The third-order valence-electron chi connectivity index (χ3n) is 4.92. The van der Waals surface area contributed by atoms with Gasteiger partial charge in [0, 0.05) is 57.0 Å². The van der Waals surface area contributed by atoms with Gasteiger partial charge in [-0.1, -0.05) is 43.6 Å². The number of benzene rings is 1. The van der Waals surface area contributed by atoms with Crippen molar-refractivity contribution in [1.82, 2.24) is 10.6 Å². The lowest BCUT2D eigenvalue weighted by molar-refractivity contribution is 0.0514. The minimum Gasteiger partial charge on any atom is -0.381 e. The molecule has 0 spiro atoms. The Morgan fingerprint density at radius 3 is 2.67 bits per heavy atom. The Bertz CT molecular complexity index is 587. The van der Waals surface area contributed by atoms with Gasteiger partial charge in [0.1, 0.15) is 0 Å². The van der Waals surface area contributed by atoms with Gasteiger partial charge < -0.3 is 20.1 Å². The predicted octanol–water partition coefficient (Wildman–Crippen LogP) is 3.62. The summed E-state index contributed by atoms with van der Waals surface area (Å²) in [5.74, 6) is 1.39. The normalized spacial score (nSPS) is 17.1. The molecule has 0 radical (unpaired) electrons. The molecule has 0 atom stereocenters. The molecular formula is C21H34ClN3O2. The van der Waals surface area contributed by atoms with E-state index in [4.69, 9.17) is 21.1 Å². The van der Waals surface area contributed by atoms with Crippen molar-refractivity contribution in [1.29, 1.82) is 0 Å². The van der Waals surface area contributed by atoms with Crippen LogP contribution < -0.4 is 10.6 Å². The Morgan fingerprint density at radius 1 is 1.26 bits per heavy atom. The number of nitrogens with one attached hydrogen (secondary N) is 2. The molecule has 0 amide bonds. The summed E-state index contributed by atoms with van der Waals surface area (Å²) < 4.78 is 11.2. The van der Waals surface area contributed by atoms with Crippen molar-refractivity contribution in [3.05, 3.63) is 34.9 Å². The van der Waals surface area contributed by atoms with Crippen molar-refractivity contribution < 1.29 is 9.47 Å². The van der Waals surface area contributed by atoms with Crippen LogP contribution in [0, 0.1) is 5.92 Å². The van der Waals surface area contributed by atoms with Gasteiger partial charge in [0.05, 0.1) is 0 Å². The molecule has 1 saturated heterocycles. The largest absolute Gasteiger partial charge is 0.381 e. The summed E-state index contributed by atoms with van der Waals surface area (Å²) in [4.78, 5) is 4.36. The summed E-state index contributed by atoms with van der Waals surface area (Å²) in [6.07, 6.45) is 2.85. The Hall–Kier alpha value is -1.30. The Balaban J connectivity index is 1.87. The van der Waals surface area contributed by atoms with Crippen LogP contribution in [-0.4, -0.2) is 52.5 Å². The first kappa shape index (κ1) is 22.0.